The molecule has 1 atom stereocenters. The molecule has 9 nitrogen and oxygen atoms in total. The standard InChI is InChI=1S/C21H20N8O/c22-19-17-18(28-29(15-8-10-23-11-15)20(17)26-12-25-19)13-4-6-14(7-5-13)21(30)27-16-3-1-2-9-24-16/h1-7,9,12,15,23H,8,10-11H2,(H2,22,25,26)(H,24,27,30). The summed E-state index contributed by atoms with van der Waals surface area (Å²) in [7, 11) is 0. The van der Waals surface area contributed by atoms with E-state index in [1.807, 2.05) is 22.9 Å². The Bertz CT molecular complexity index is 1200. The van der Waals surface area contributed by atoms with Gasteiger partial charge in [-0.1, -0.05) is 18.2 Å². The molecule has 1 fully saturated rings. The molecule has 1 aliphatic heterocycles. The van der Waals surface area contributed by atoms with Gasteiger partial charge in [0.25, 0.3) is 5.91 Å². The molecular weight excluding hydrogens is 380 g/mol. The summed E-state index contributed by atoms with van der Waals surface area (Å²) in [6, 6.07) is 12.8. The summed E-state index contributed by atoms with van der Waals surface area (Å²) < 4.78 is 1.93. The summed E-state index contributed by atoms with van der Waals surface area (Å²) in [5.41, 5.74) is 8.99. The summed E-state index contributed by atoms with van der Waals surface area (Å²) in [6.45, 7) is 1.79. The van der Waals surface area contributed by atoms with Gasteiger partial charge < -0.3 is 16.4 Å². The van der Waals surface area contributed by atoms with Gasteiger partial charge in [-0.2, -0.15) is 5.10 Å². The Morgan fingerprint density at radius 2 is 2.00 bits per heavy atom. The van der Waals surface area contributed by atoms with Crippen LogP contribution in [0.5, 0.6) is 0 Å². The molecule has 0 spiro atoms. The van der Waals surface area contributed by atoms with Gasteiger partial charge in [-0.05, 0) is 37.2 Å². The number of nitrogens with one attached hydrogen (secondary N) is 2. The van der Waals surface area contributed by atoms with Crippen LogP contribution in [-0.2, 0) is 0 Å². The molecular formula is C21H20N8O. The predicted molar refractivity (Wildman–Crippen MR) is 114 cm³/mol. The molecule has 1 aliphatic rings. The van der Waals surface area contributed by atoms with Crippen LogP contribution in [0.15, 0.2) is 55.0 Å². The number of carbonyl (C=O) groups is 1. The highest BCUT2D eigenvalue weighted by Gasteiger charge is 2.24. The third-order valence-corrected chi connectivity index (χ3v) is 5.23. The van der Waals surface area contributed by atoms with Crippen LogP contribution in [0.25, 0.3) is 22.3 Å². The number of pyridine rings is 1. The largest absolute Gasteiger partial charge is 0.383 e. The van der Waals surface area contributed by atoms with E-state index in [2.05, 4.69) is 25.6 Å². The first-order valence-corrected chi connectivity index (χ1v) is 9.73. The minimum atomic E-state index is -0.226. The zero-order chi connectivity index (χ0) is 20.5. The number of anilines is 2. The number of fused-ring (bicyclic) bond motifs is 1. The summed E-state index contributed by atoms with van der Waals surface area (Å²) in [5, 5.41) is 11.7. The van der Waals surface area contributed by atoms with Gasteiger partial charge in [0.15, 0.2) is 5.65 Å². The summed E-state index contributed by atoms with van der Waals surface area (Å²) >= 11 is 0. The molecule has 5 rings (SSSR count). The van der Waals surface area contributed by atoms with Gasteiger partial charge in [-0.3, -0.25) is 4.79 Å². The maximum atomic E-state index is 12.5. The second-order valence-electron chi connectivity index (χ2n) is 7.14. The highest BCUT2D eigenvalue weighted by molar-refractivity contribution is 6.04. The van der Waals surface area contributed by atoms with E-state index in [4.69, 9.17) is 10.8 Å². The Hall–Kier alpha value is -3.85. The van der Waals surface area contributed by atoms with Gasteiger partial charge >= 0.3 is 0 Å². The lowest BCUT2D eigenvalue weighted by Gasteiger charge is -2.09. The number of nitrogens with two attached hydrogens (primary N) is 1. The molecule has 4 N–H and O–H groups in total. The average Bonchev–Trinajstić information content (AvgIpc) is 3.43. The van der Waals surface area contributed by atoms with E-state index in [-0.39, 0.29) is 11.9 Å². The Kier molecular flexibility index (Phi) is 4.56. The van der Waals surface area contributed by atoms with Crippen LogP contribution in [0, 0.1) is 0 Å². The Labute approximate surface area is 172 Å². The van der Waals surface area contributed by atoms with Gasteiger partial charge in [0.2, 0.25) is 0 Å². The number of rotatable bonds is 4. The number of amides is 1. The van der Waals surface area contributed by atoms with Crippen LogP contribution in [0.3, 0.4) is 0 Å². The van der Waals surface area contributed by atoms with Crippen LogP contribution in [0.4, 0.5) is 11.6 Å². The van der Waals surface area contributed by atoms with Crippen LogP contribution in [-0.4, -0.2) is 43.7 Å². The van der Waals surface area contributed by atoms with E-state index in [0.29, 0.717) is 22.9 Å². The van der Waals surface area contributed by atoms with Crippen molar-refractivity contribution >= 4 is 28.6 Å². The Balaban J connectivity index is 1.49. The van der Waals surface area contributed by atoms with Crippen molar-refractivity contribution in [3.05, 3.63) is 60.6 Å². The molecule has 1 aromatic carbocycles. The first-order chi connectivity index (χ1) is 14.7. The molecule has 0 bridgehead atoms. The van der Waals surface area contributed by atoms with Gasteiger partial charge in [0, 0.05) is 23.9 Å². The van der Waals surface area contributed by atoms with Crippen molar-refractivity contribution in [2.24, 2.45) is 0 Å². The zero-order valence-corrected chi connectivity index (χ0v) is 16.1. The molecule has 4 heterocycles. The van der Waals surface area contributed by atoms with E-state index < -0.39 is 0 Å². The van der Waals surface area contributed by atoms with Crippen molar-refractivity contribution in [3.8, 4) is 11.3 Å². The van der Waals surface area contributed by atoms with Crippen molar-refractivity contribution < 1.29 is 4.79 Å². The number of nitrogens with zero attached hydrogens (tertiary/aromatic N) is 5. The van der Waals surface area contributed by atoms with Crippen LogP contribution < -0.4 is 16.4 Å². The van der Waals surface area contributed by atoms with E-state index >= 15 is 0 Å². The number of benzene rings is 1. The first kappa shape index (κ1) is 18.2. The van der Waals surface area contributed by atoms with Gasteiger partial charge in [-0.25, -0.2) is 19.6 Å². The molecule has 9 heteroatoms. The van der Waals surface area contributed by atoms with Gasteiger partial charge in [-0.15, -0.1) is 0 Å². The molecule has 3 aromatic heterocycles. The highest BCUT2D eigenvalue weighted by atomic mass is 16.1. The van der Waals surface area contributed by atoms with Crippen molar-refractivity contribution in [1.29, 1.82) is 0 Å². The van der Waals surface area contributed by atoms with Crippen molar-refractivity contribution in [2.75, 3.05) is 24.1 Å². The summed E-state index contributed by atoms with van der Waals surface area (Å²) in [4.78, 5) is 25.2. The molecule has 1 unspecified atom stereocenters. The summed E-state index contributed by atoms with van der Waals surface area (Å²) in [5.74, 6) is 0.672. The van der Waals surface area contributed by atoms with Gasteiger partial charge in [0.05, 0.1) is 11.4 Å². The quantitative estimate of drug-likeness (QED) is 0.480. The topological polar surface area (TPSA) is 124 Å². The van der Waals surface area contributed by atoms with Crippen molar-refractivity contribution in [1.82, 2.24) is 30.0 Å². The fourth-order valence-corrected chi connectivity index (χ4v) is 3.70. The van der Waals surface area contributed by atoms with Crippen LogP contribution >= 0.6 is 0 Å². The summed E-state index contributed by atoms with van der Waals surface area (Å²) in [6.07, 6.45) is 4.08. The van der Waals surface area contributed by atoms with E-state index in [1.54, 1.807) is 30.5 Å². The molecule has 1 amide bonds. The maximum Gasteiger partial charge on any atom is 0.256 e. The number of hydrogen-bond acceptors (Lipinski definition) is 7. The Morgan fingerprint density at radius 3 is 2.73 bits per heavy atom. The molecule has 1 saturated heterocycles. The molecule has 4 aromatic rings. The molecule has 0 saturated carbocycles. The second kappa shape index (κ2) is 7.53. The molecule has 150 valence electrons. The smallest absolute Gasteiger partial charge is 0.256 e. The third kappa shape index (κ3) is 3.25. The zero-order valence-electron chi connectivity index (χ0n) is 16.1. The maximum absolute atomic E-state index is 12.5. The lowest BCUT2D eigenvalue weighted by atomic mass is 10.1. The number of hydrogen-bond donors (Lipinski definition) is 3. The first-order valence-electron chi connectivity index (χ1n) is 9.73. The van der Waals surface area contributed by atoms with Crippen LogP contribution in [0.2, 0.25) is 0 Å². The lowest BCUT2D eigenvalue weighted by molar-refractivity contribution is 0.102. The average molecular weight is 400 g/mol. The van der Waals surface area contributed by atoms with E-state index in [9.17, 15) is 4.79 Å². The number of aromatic nitrogens is 5. The van der Waals surface area contributed by atoms with Crippen molar-refractivity contribution in [2.45, 2.75) is 12.5 Å². The fourth-order valence-electron chi connectivity index (χ4n) is 3.70. The minimum absolute atomic E-state index is 0.221. The highest BCUT2D eigenvalue weighted by Crippen LogP contribution is 2.32. The Morgan fingerprint density at radius 1 is 1.13 bits per heavy atom. The fraction of sp³-hybridized carbons (Fsp3) is 0.190. The number of carbonyl (C=O) groups excluding carboxylic acids is 1. The molecule has 30 heavy (non-hydrogen) atoms. The third-order valence-electron chi connectivity index (χ3n) is 5.23. The minimum Gasteiger partial charge on any atom is -0.383 e. The molecule has 0 radical (unpaired) electrons. The van der Waals surface area contributed by atoms with Crippen LogP contribution in [0.1, 0.15) is 22.8 Å². The monoisotopic (exact) mass is 400 g/mol. The lowest BCUT2D eigenvalue weighted by Crippen LogP contribution is -2.15. The second-order valence-corrected chi connectivity index (χ2v) is 7.14. The van der Waals surface area contributed by atoms with E-state index in [1.165, 1.54) is 6.33 Å². The SMILES string of the molecule is Nc1ncnc2c1c(-c1ccc(C(=O)Nc3ccccn3)cc1)nn2C1CCNC1. The van der Waals surface area contributed by atoms with E-state index in [0.717, 1.165) is 36.1 Å². The normalized spacial score (nSPS) is 16.1. The molecule has 0 aliphatic carbocycles. The number of nitrogen functional groups attached to an aromatic ring is 1. The van der Waals surface area contributed by atoms with Crippen molar-refractivity contribution in [3.63, 3.8) is 0 Å². The van der Waals surface area contributed by atoms with Gasteiger partial charge in [0.1, 0.15) is 23.7 Å². The predicted octanol–water partition coefficient (Wildman–Crippen LogP) is 2.26.